The normalized spacial score (nSPS) is 9.90. The van der Waals surface area contributed by atoms with Gasteiger partial charge in [0.15, 0.2) is 0 Å². The van der Waals surface area contributed by atoms with Crippen LogP contribution in [0.15, 0.2) is 34.8 Å². The van der Waals surface area contributed by atoms with Gasteiger partial charge in [-0.2, -0.15) is 5.26 Å². The Morgan fingerprint density at radius 3 is 2.65 bits per heavy atom. The van der Waals surface area contributed by atoms with Crippen LogP contribution < -0.4 is 15.8 Å². The van der Waals surface area contributed by atoms with Crippen molar-refractivity contribution in [3.05, 3.63) is 46.2 Å². The van der Waals surface area contributed by atoms with E-state index in [1.54, 1.807) is 18.2 Å². The minimum absolute atomic E-state index is 0.231. The molecule has 6 heteroatoms. The van der Waals surface area contributed by atoms with Crippen LogP contribution in [0.3, 0.4) is 0 Å². The van der Waals surface area contributed by atoms with Gasteiger partial charge in [-0.25, -0.2) is 4.39 Å². The number of nitrogens with zero attached hydrogens (tertiary/aromatic N) is 1. The Morgan fingerprint density at radius 2 is 2.05 bits per heavy atom. The van der Waals surface area contributed by atoms with E-state index in [0.29, 0.717) is 21.5 Å². The van der Waals surface area contributed by atoms with E-state index in [1.165, 1.54) is 19.2 Å². The lowest BCUT2D eigenvalue weighted by Gasteiger charge is -2.12. The molecule has 0 bridgehead atoms. The first-order chi connectivity index (χ1) is 9.55. The summed E-state index contributed by atoms with van der Waals surface area (Å²) in [7, 11) is 1.46. The van der Waals surface area contributed by atoms with Gasteiger partial charge in [0.1, 0.15) is 11.6 Å². The first-order valence-electron chi connectivity index (χ1n) is 5.65. The van der Waals surface area contributed by atoms with Gasteiger partial charge in [-0.15, -0.1) is 0 Å². The van der Waals surface area contributed by atoms with E-state index in [4.69, 9.17) is 15.7 Å². The SMILES string of the molecule is COc1cc(Nc2ccc(C#N)cc2Br)c(F)cc1N. The van der Waals surface area contributed by atoms with Crippen LogP contribution in [0.25, 0.3) is 0 Å². The molecule has 0 fully saturated rings. The standard InChI is InChI=1S/C14H11BrFN3O/c1-20-14-6-13(10(16)5-11(14)18)19-12-3-2-8(7-17)4-9(12)15/h2-6,19H,18H2,1H3. The third-order valence-corrected chi connectivity index (χ3v) is 3.34. The Kier molecular flexibility index (Phi) is 4.11. The number of nitrogens with one attached hydrogen (secondary N) is 1. The molecule has 2 rings (SSSR count). The largest absolute Gasteiger partial charge is 0.495 e. The van der Waals surface area contributed by atoms with Crippen molar-refractivity contribution in [2.75, 3.05) is 18.2 Å². The average Bonchev–Trinajstić information content (AvgIpc) is 2.43. The number of ether oxygens (including phenoxy) is 1. The number of hydrogen-bond donors (Lipinski definition) is 2. The van der Waals surface area contributed by atoms with E-state index >= 15 is 0 Å². The molecule has 0 heterocycles. The van der Waals surface area contributed by atoms with Gasteiger partial charge < -0.3 is 15.8 Å². The Balaban J connectivity index is 2.37. The zero-order valence-corrected chi connectivity index (χ0v) is 12.2. The number of nitriles is 1. The van der Waals surface area contributed by atoms with E-state index in [9.17, 15) is 4.39 Å². The van der Waals surface area contributed by atoms with E-state index in [0.717, 1.165) is 0 Å². The molecule has 0 aliphatic rings. The molecule has 4 nitrogen and oxygen atoms in total. The molecule has 0 radical (unpaired) electrons. The highest BCUT2D eigenvalue weighted by atomic mass is 79.9. The third-order valence-electron chi connectivity index (χ3n) is 2.69. The zero-order chi connectivity index (χ0) is 14.7. The average molecular weight is 336 g/mol. The van der Waals surface area contributed by atoms with Gasteiger partial charge in [0.25, 0.3) is 0 Å². The smallest absolute Gasteiger partial charge is 0.148 e. The molecule has 0 spiro atoms. The second-order valence-electron chi connectivity index (χ2n) is 4.01. The number of halogens is 2. The molecular formula is C14H11BrFN3O. The minimum Gasteiger partial charge on any atom is -0.495 e. The lowest BCUT2D eigenvalue weighted by Crippen LogP contribution is -1.99. The molecule has 3 N–H and O–H groups in total. The quantitative estimate of drug-likeness (QED) is 0.837. The van der Waals surface area contributed by atoms with Crippen LogP contribution in [0.2, 0.25) is 0 Å². The van der Waals surface area contributed by atoms with Crippen molar-refractivity contribution in [3.8, 4) is 11.8 Å². The molecule has 0 amide bonds. The van der Waals surface area contributed by atoms with Crippen molar-refractivity contribution in [3.63, 3.8) is 0 Å². The van der Waals surface area contributed by atoms with Gasteiger partial charge in [0.2, 0.25) is 0 Å². The van der Waals surface area contributed by atoms with Gasteiger partial charge in [0.05, 0.1) is 35.8 Å². The van der Waals surface area contributed by atoms with Crippen LogP contribution in [-0.4, -0.2) is 7.11 Å². The fourth-order valence-corrected chi connectivity index (χ4v) is 2.15. The third kappa shape index (κ3) is 2.83. The Labute approximate surface area is 124 Å². The molecule has 2 aromatic carbocycles. The van der Waals surface area contributed by atoms with Crippen molar-refractivity contribution < 1.29 is 9.13 Å². The zero-order valence-electron chi connectivity index (χ0n) is 10.6. The Hall–Kier alpha value is -2.26. The predicted molar refractivity (Wildman–Crippen MR) is 79.5 cm³/mol. The highest BCUT2D eigenvalue weighted by molar-refractivity contribution is 9.10. The summed E-state index contributed by atoms with van der Waals surface area (Å²) in [5, 5.41) is 11.7. The summed E-state index contributed by atoms with van der Waals surface area (Å²) in [6.45, 7) is 0. The van der Waals surface area contributed by atoms with Crippen molar-refractivity contribution >= 4 is 33.0 Å². The lowest BCUT2D eigenvalue weighted by molar-refractivity contribution is 0.416. The number of benzene rings is 2. The molecule has 0 saturated heterocycles. The number of nitrogen functional groups attached to an aromatic ring is 1. The fourth-order valence-electron chi connectivity index (χ4n) is 1.67. The molecule has 0 aromatic heterocycles. The first-order valence-corrected chi connectivity index (χ1v) is 6.44. The van der Waals surface area contributed by atoms with Gasteiger partial charge in [-0.3, -0.25) is 0 Å². The van der Waals surface area contributed by atoms with E-state index < -0.39 is 5.82 Å². The molecular weight excluding hydrogens is 325 g/mol. The van der Waals surface area contributed by atoms with Crippen LogP contribution in [0, 0.1) is 17.1 Å². The van der Waals surface area contributed by atoms with E-state index in [-0.39, 0.29) is 11.4 Å². The van der Waals surface area contributed by atoms with Gasteiger partial charge in [-0.05, 0) is 34.1 Å². The molecule has 0 unspecified atom stereocenters. The highest BCUT2D eigenvalue weighted by Gasteiger charge is 2.10. The highest BCUT2D eigenvalue weighted by Crippen LogP contribution is 2.32. The second-order valence-corrected chi connectivity index (χ2v) is 4.86. The number of anilines is 3. The fraction of sp³-hybridized carbons (Fsp3) is 0.0714. The molecule has 20 heavy (non-hydrogen) atoms. The summed E-state index contributed by atoms with van der Waals surface area (Å²) in [6.07, 6.45) is 0. The van der Waals surface area contributed by atoms with Crippen molar-refractivity contribution in [1.82, 2.24) is 0 Å². The molecule has 0 aliphatic carbocycles. The number of rotatable bonds is 3. The molecule has 2 aromatic rings. The minimum atomic E-state index is -0.487. The van der Waals surface area contributed by atoms with Crippen molar-refractivity contribution in [1.29, 1.82) is 5.26 Å². The summed E-state index contributed by atoms with van der Waals surface area (Å²) in [5.74, 6) is -0.0989. The number of hydrogen-bond acceptors (Lipinski definition) is 4. The monoisotopic (exact) mass is 335 g/mol. The molecule has 0 aliphatic heterocycles. The van der Waals surface area contributed by atoms with Crippen molar-refractivity contribution in [2.24, 2.45) is 0 Å². The van der Waals surface area contributed by atoms with Crippen LogP contribution in [0.4, 0.5) is 21.5 Å². The predicted octanol–water partition coefficient (Wildman–Crippen LogP) is 3.79. The van der Waals surface area contributed by atoms with Crippen LogP contribution in [0.1, 0.15) is 5.56 Å². The summed E-state index contributed by atoms with van der Waals surface area (Å²) in [5.41, 5.74) is 7.24. The van der Waals surface area contributed by atoms with Crippen LogP contribution >= 0.6 is 15.9 Å². The number of methoxy groups -OCH3 is 1. The number of nitrogens with two attached hydrogens (primary N) is 1. The molecule has 102 valence electrons. The maximum absolute atomic E-state index is 13.9. The molecule has 0 saturated carbocycles. The van der Waals surface area contributed by atoms with Crippen molar-refractivity contribution in [2.45, 2.75) is 0 Å². The van der Waals surface area contributed by atoms with Gasteiger partial charge in [-0.1, -0.05) is 0 Å². The van der Waals surface area contributed by atoms with Crippen LogP contribution in [0.5, 0.6) is 5.75 Å². The summed E-state index contributed by atoms with van der Waals surface area (Å²) in [6, 6.07) is 9.67. The summed E-state index contributed by atoms with van der Waals surface area (Å²) in [4.78, 5) is 0. The van der Waals surface area contributed by atoms with E-state index in [1.807, 2.05) is 6.07 Å². The Morgan fingerprint density at radius 1 is 1.30 bits per heavy atom. The van der Waals surface area contributed by atoms with Gasteiger partial charge >= 0.3 is 0 Å². The second kappa shape index (κ2) is 5.80. The summed E-state index contributed by atoms with van der Waals surface area (Å²) >= 11 is 3.33. The van der Waals surface area contributed by atoms with Crippen LogP contribution in [-0.2, 0) is 0 Å². The first kappa shape index (κ1) is 14.2. The Bertz CT molecular complexity index is 698. The van der Waals surface area contributed by atoms with E-state index in [2.05, 4.69) is 21.2 Å². The topological polar surface area (TPSA) is 71.1 Å². The molecule has 0 atom stereocenters. The maximum atomic E-state index is 13.9. The lowest BCUT2D eigenvalue weighted by atomic mass is 10.2. The van der Waals surface area contributed by atoms with Gasteiger partial charge in [0, 0.05) is 16.6 Å². The maximum Gasteiger partial charge on any atom is 0.148 e. The summed E-state index contributed by atoms with van der Waals surface area (Å²) < 4.78 is 19.6.